The molecule has 0 bridgehead atoms. The summed E-state index contributed by atoms with van der Waals surface area (Å²) in [4.78, 5) is 1.98. The molecule has 0 radical (unpaired) electrons. The molecule has 2 heteroatoms. The fourth-order valence-electron chi connectivity index (χ4n) is 4.42. The third kappa shape index (κ3) is 3.26. The quantitative estimate of drug-likeness (QED) is 0.629. The van der Waals surface area contributed by atoms with Crippen molar-refractivity contribution >= 4 is 5.57 Å². The lowest BCUT2D eigenvalue weighted by molar-refractivity contribution is 0.609. The molecule has 2 heterocycles. The van der Waals surface area contributed by atoms with Crippen LogP contribution in [0.1, 0.15) is 29.5 Å². The third-order valence-electron chi connectivity index (χ3n) is 5.90. The van der Waals surface area contributed by atoms with E-state index in [-0.39, 0.29) is 0 Å². The first-order valence-corrected chi connectivity index (χ1v) is 10.2. The summed E-state index contributed by atoms with van der Waals surface area (Å²) in [7, 11) is 0. The van der Waals surface area contributed by atoms with Gasteiger partial charge in [0.25, 0.3) is 0 Å². The molecule has 0 fully saturated rings. The fourth-order valence-corrected chi connectivity index (χ4v) is 4.42. The van der Waals surface area contributed by atoms with Crippen LogP contribution >= 0.6 is 0 Å². The third-order valence-corrected chi connectivity index (χ3v) is 5.90. The Labute approximate surface area is 172 Å². The van der Waals surface area contributed by atoms with Crippen molar-refractivity contribution in [3.05, 3.63) is 124 Å². The number of hydrogen-bond acceptors (Lipinski definition) is 2. The van der Waals surface area contributed by atoms with E-state index in [0.29, 0.717) is 5.70 Å². The molecule has 2 aliphatic carbocycles. The number of aryl methyl sites for hydroxylation is 2. The van der Waals surface area contributed by atoms with Crippen LogP contribution in [0.25, 0.3) is 5.57 Å². The molecular formula is C27H22N2. The molecule has 1 aromatic carbocycles. The van der Waals surface area contributed by atoms with Gasteiger partial charge in [-0.25, -0.2) is 0 Å². The van der Waals surface area contributed by atoms with Gasteiger partial charge in [-0.05, 0) is 77.3 Å². The van der Waals surface area contributed by atoms with Gasteiger partial charge in [-0.1, -0.05) is 60.7 Å². The van der Waals surface area contributed by atoms with Crippen molar-refractivity contribution in [3.63, 3.8) is 0 Å². The van der Waals surface area contributed by atoms with Crippen LogP contribution in [0.5, 0.6) is 0 Å². The van der Waals surface area contributed by atoms with Crippen molar-refractivity contribution in [1.29, 1.82) is 5.26 Å². The lowest BCUT2D eigenvalue weighted by Gasteiger charge is -2.25. The van der Waals surface area contributed by atoms with Crippen LogP contribution in [0, 0.1) is 11.3 Å². The van der Waals surface area contributed by atoms with Gasteiger partial charge in [0.05, 0.1) is 0 Å². The molecule has 0 N–H and O–H groups in total. The summed E-state index contributed by atoms with van der Waals surface area (Å²) in [5.74, 6) is 0. The average molecular weight is 374 g/mol. The standard InChI is InChI=1S/C27H22N2/c28-18-25-10-5-4-9-24-16-15-23(19-29(24)25)27-12-3-1-2-11-26(27)22-14-13-20-7-6-8-21(20)17-22/h1-5,9-10,12-17,19H,6-8,11H2. The van der Waals surface area contributed by atoms with Crippen molar-refractivity contribution in [3.8, 4) is 6.07 Å². The lowest BCUT2D eigenvalue weighted by atomic mass is 9.90. The van der Waals surface area contributed by atoms with E-state index in [1.54, 1.807) is 0 Å². The minimum atomic E-state index is 0.627. The maximum atomic E-state index is 9.61. The topological polar surface area (TPSA) is 27.0 Å². The van der Waals surface area contributed by atoms with E-state index in [9.17, 15) is 5.26 Å². The van der Waals surface area contributed by atoms with Gasteiger partial charge in [-0.2, -0.15) is 5.26 Å². The predicted octanol–water partition coefficient (Wildman–Crippen LogP) is 6.06. The van der Waals surface area contributed by atoms with E-state index in [1.165, 1.54) is 47.1 Å². The summed E-state index contributed by atoms with van der Waals surface area (Å²) >= 11 is 0. The highest BCUT2D eigenvalue weighted by atomic mass is 15.1. The number of nitrogens with zero attached hydrogens (tertiary/aromatic N) is 2. The second-order valence-corrected chi connectivity index (χ2v) is 7.65. The van der Waals surface area contributed by atoms with E-state index < -0.39 is 0 Å². The summed E-state index contributed by atoms with van der Waals surface area (Å²) in [5, 5.41) is 9.61. The highest BCUT2D eigenvalue weighted by molar-refractivity contribution is 5.79. The van der Waals surface area contributed by atoms with Crippen LogP contribution < -0.4 is 0 Å². The SMILES string of the molecule is N#CC1=CC=CC=C2C=CC(C3=C(c4ccc5c(c4)CCC5)CC=CC=C3)=CN12. The number of benzene rings is 1. The molecule has 5 rings (SSSR count). The molecule has 2 nitrogen and oxygen atoms in total. The summed E-state index contributed by atoms with van der Waals surface area (Å²) in [6.07, 6.45) is 27.3. The van der Waals surface area contributed by atoms with Crippen molar-refractivity contribution in [1.82, 2.24) is 4.90 Å². The minimum Gasteiger partial charge on any atom is -0.308 e. The van der Waals surface area contributed by atoms with E-state index in [1.807, 2.05) is 29.2 Å². The predicted molar refractivity (Wildman–Crippen MR) is 118 cm³/mol. The highest BCUT2D eigenvalue weighted by Gasteiger charge is 2.20. The van der Waals surface area contributed by atoms with Gasteiger partial charge >= 0.3 is 0 Å². The summed E-state index contributed by atoms with van der Waals surface area (Å²) in [5.41, 5.74) is 9.62. The molecule has 0 unspecified atom stereocenters. The molecule has 0 saturated carbocycles. The molecule has 0 aromatic heterocycles. The lowest BCUT2D eigenvalue weighted by Crippen LogP contribution is -2.17. The number of hydrogen-bond donors (Lipinski definition) is 0. The van der Waals surface area contributed by atoms with Crippen LogP contribution in [0.4, 0.5) is 0 Å². The molecule has 0 saturated heterocycles. The Balaban J connectivity index is 1.62. The van der Waals surface area contributed by atoms with Crippen molar-refractivity contribution in [2.75, 3.05) is 0 Å². The van der Waals surface area contributed by atoms with Gasteiger partial charge in [0.15, 0.2) is 0 Å². The highest BCUT2D eigenvalue weighted by Crippen LogP contribution is 2.36. The van der Waals surface area contributed by atoms with Gasteiger partial charge in [0, 0.05) is 11.9 Å². The zero-order valence-corrected chi connectivity index (χ0v) is 16.3. The average Bonchev–Trinajstić information content (AvgIpc) is 2.96. The van der Waals surface area contributed by atoms with Gasteiger partial charge < -0.3 is 4.90 Å². The number of rotatable bonds is 2. The molecule has 0 atom stereocenters. The van der Waals surface area contributed by atoms with E-state index in [2.05, 4.69) is 66.9 Å². The minimum absolute atomic E-state index is 0.627. The first-order valence-electron chi connectivity index (χ1n) is 10.2. The van der Waals surface area contributed by atoms with Crippen molar-refractivity contribution in [2.24, 2.45) is 0 Å². The fraction of sp³-hybridized carbons (Fsp3) is 0.148. The number of nitriles is 1. The van der Waals surface area contributed by atoms with Crippen molar-refractivity contribution < 1.29 is 0 Å². The second-order valence-electron chi connectivity index (χ2n) is 7.65. The van der Waals surface area contributed by atoms with Crippen LogP contribution in [0.2, 0.25) is 0 Å². The molecule has 0 amide bonds. The maximum Gasteiger partial charge on any atom is 0.124 e. The van der Waals surface area contributed by atoms with Crippen LogP contribution in [-0.2, 0) is 12.8 Å². The van der Waals surface area contributed by atoms with Crippen LogP contribution in [-0.4, -0.2) is 4.90 Å². The van der Waals surface area contributed by atoms with E-state index >= 15 is 0 Å². The van der Waals surface area contributed by atoms with E-state index in [0.717, 1.165) is 17.7 Å². The maximum absolute atomic E-state index is 9.61. The molecule has 4 aliphatic rings. The summed E-state index contributed by atoms with van der Waals surface area (Å²) in [6.45, 7) is 0. The zero-order valence-electron chi connectivity index (χ0n) is 16.3. The monoisotopic (exact) mass is 374 g/mol. The first-order chi connectivity index (χ1) is 14.3. The zero-order chi connectivity index (χ0) is 19.6. The summed E-state index contributed by atoms with van der Waals surface area (Å²) in [6, 6.07) is 9.30. The Morgan fingerprint density at radius 3 is 2.72 bits per heavy atom. The second kappa shape index (κ2) is 7.45. The smallest absolute Gasteiger partial charge is 0.124 e. The Kier molecular flexibility index (Phi) is 4.50. The Morgan fingerprint density at radius 1 is 0.897 bits per heavy atom. The molecular weight excluding hydrogens is 352 g/mol. The Morgan fingerprint density at radius 2 is 1.79 bits per heavy atom. The molecule has 29 heavy (non-hydrogen) atoms. The van der Waals surface area contributed by atoms with Crippen LogP contribution in [0.3, 0.4) is 0 Å². The van der Waals surface area contributed by atoms with E-state index in [4.69, 9.17) is 0 Å². The van der Waals surface area contributed by atoms with Gasteiger partial charge in [-0.3, -0.25) is 0 Å². The number of allylic oxidation sites excluding steroid dienone is 14. The molecule has 140 valence electrons. The van der Waals surface area contributed by atoms with Gasteiger partial charge in [-0.15, -0.1) is 0 Å². The molecule has 0 spiro atoms. The normalized spacial score (nSPS) is 19.7. The Bertz CT molecular complexity index is 1150. The first kappa shape index (κ1) is 17.5. The largest absolute Gasteiger partial charge is 0.308 e. The van der Waals surface area contributed by atoms with Crippen LogP contribution in [0.15, 0.2) is 108 Å². The summed E-state index contributed by atoms with van der Waals surface area (Å²) < 4.78 is 0. The number of fused-ring (bicyclic) bond motifs is 2. The molecule has 1 aromatic rings. The van der Waals surface area contributed by atoms with Crippen molar-refractivity contribution in [2.45, 2.75) is 25.7 Å². The van der Waals surface area contributed by atoms with Gasteiger partial charge in [0.1, 0.15) is 11.8 Å². The Hall–Kier alpha value is -3.57. The molecule has 2 aliphatic heterocycles. The van der Waals surface area contributed by atoms with Gasteiger partial charge in [0.2, 0.25) is 0 Å².